The van der Waals surface area contributed by atoms with Gasteiger partial charge in [0.25, 0.3) is 5.91 Å². The van der Waals surface area contributed by atoms with E-state index in [4.69, 9.17) is 0 Å². The number of nitrogens with zero attached hydrogens (tertiary/aromatic N) is 1. The highest BCUT2D eigenvalue weighted by Crippen LogP contribution is 2.42. The number of carbonyl (C=O) groups excluding carboxylic acids is 1. The molecule has 3 atom stereocenters. The summed E-state index contributed by atoms with van der Waals surface area (Å²) in [6, 6.07) is 7.96. The van der Waals surface area contributed by atoms with Crippen LogP contribution in [0.1, 0.15) is 23.2 Å². The predicted molar refractivity (Wildman–Crippen MR) is 84.1 cm³/mol. The van der Waals surface area contributed by atoms with Crippen LogP contribution in [0.4, 0.5) is 0 Å². The van der Waals surface area contributed by atoms with Gasteiger partial charge in [-0.05, 0) is 54.9 Å². The highest BCUT2D eigenvalue weighted by atomic mass is 16.1. The highest BCUT2D eigenvalue weighted by Gasteiger charge is 2.35. The Hall–Kier alpha value is -2.03. The van der Waals surface area contributed by atoms with Gasteiger partial charge < -0.3 is 9.88 Å². The lowest BCUT2D eigenvalue weighted by Crippen LogP contribution is -2.30. The fraction of sp³-hybridized carbons (Fsp3) is 0.389. The lowest BCUT2D eigenvalue weighted by Gasteiger charge is -2.18. The number of hydrogen-bond acceptors (Lipinski definition) is 1. The molecule has 0 unspecified atom stereocenters. The van der Waals surface area contributed by atoms with E-state index in [0.717, 1.165) is 28.9 Å². The van der Waals surface area contributed by atoms with Gasteiger partial charge in [0, 0.05) is 36.3 Å². The molecule has 1 aromatic heterocycles. The fourth-order valence-electron chi connectivity index (χ4n) is 3.88. The number of rotatable bonds is 3. The normalized spacial score (nSPS) is 26.6. The van der Waals surface area contributed by atoms with Gasteiger partial charge in [0.2, 0.25) is 0 Å². The van der Waals surface area contributed by atoms with Crippen molar-refractivity contribution in [2.24, 2.45) is 24.8 Å². The average molecular weight is 280 g/mol. The molecular formula is C18H20N2O. The van der Waals surface area contributed by atoms with Gasteiger partial charge in [-0.15, -0.1) is 0 Å². The summed E-state index contributed by atoms with van der Waals surface area (Å²) in [6.07, 6.45) is 9.22. The van der Waals surface area contributed by atoms with Crippen molar-refractivity contribution in [3.05, 3.63) is 48.2 Å². The van der Waals surface area contributed by atoms with Crippen LogP contribution in [0, 0.1) is 17.8 Å². The van der Waals surface area contributed by atoms with Crippen LogP contribution in [-0.4, -0.2) is 17.0 Å². The maximum absolute atomic E-state index is 12.3. The van der Waals surface area contributed by atoms with Crippen molar-refractivity contribution in [3.63, 3.8) is 0 Å². The standard InChI is InChI=1S/C18H20N2O/c1-20-7-6-14-10-15(4-5-17(14)20)18(21)19-11-16-9-12-2-3-13(16)8-12/h2-7,10,12-13,16H,8-9,11H2,1H3,(H,19,21)/t12-,13-,16-/m0/s1. The smallest absolute Gasteiger partial charge is 0.251 e. The molecule has 21 heavy (non-hydrogen) atoms. The molecule has 1 amide bonds. The summed E-state index contributed by atoms with van der Waals surface area (Å²) in [4.78, 5) is 12.3. The minimum atomic E-state index is 0.0486. The summed E-state index contributed by atoms with van der Waals surface area (Å²) in [5.41, 5.74) is 1.91. The Morgan fingerprint density at radius 1 is 1.29 bits per heavy atom. The van der Waals surface area contributed by atoms with Crippen LogP contribution < -0.4 is 5.32 Å². The van der Waals surface area contributed by atoms with E-state index in [-0.39, 0.29) is 5.91 Å². The van der Waals surface area contributed by atoms with Crippen molar-refractivity contribution in [2.75, 3.05) is 6.54 Å². The van der Waals surface area contributed by atoms with Crippen molar-refractivity contribution in [1.82, 2.24) is 9.88 Å². The minimum absolute atomic E-state index is 0.0486. The Kier molecular flexibility index (Phi) is 2.88. The monoisotopic (exact) mass is 280 g/mol. The molecule has 1 heterocycles. The summed E-state index contributed by atoms with van der Waals surface area (Å²) >= 11 is 0. The number of aryl methyl sites for hydroxylation is 1. The quantitative estimate of drug-likeness (QED) is 0.861. The summed E-state index contributed by atoms with van der Waals surface area (Å²) in [6.45, 7) is 0.803. The van der Waals surface area contributed by atoms with E-state index in [1.54, 1.807) is 0 Å². The predicted octanol–water partition coefficient (Wildman–Crippen LogP) is 3.12. The molecule has 0 saturated heterocycles. The summed E-state index contributed by atoms with van der Waals surface area (Å²) in [5.74, 6) is 2.13. The topological polar surface area (TPSA) is 34.0 Å². The first-order valence-corrected chi connectivity index (χ1v) is 7.72. The zero-order valence-electron chi connectivity index (χ0n) is 12.3. The number of fused-ring (bicyclic) bond motifs is 3. The highest BCUT2D eigenvalue weighted by molar-refractivity contribution is 5.98. The van der Waals surface area contributed by atoms with Gasteiger partial charge in [-0.25, -0.2) is 0 Å². The molecule has 1 N–H and O–H groups in total. The molecule has 4 rings (SSSR count). The second-order valence-corrected chi connectivity index (χ2v) is 6.45. The second kappa shape index (κ2) is 4.76. The van der Waals surface area contributed by atoms with Gasteiger partial charge in [-0.3, -0.25) is 4.79 Å². The van der Waals surface area contributed by atoms with Crippen LogP contribution in [0.3, 0.4) is 0 Å². The van der Waals surface area contributed by atoms with Crippen LogP contribution in [0.15, 0.2) is 42.6 Å². The fourth-order valence-corrected chi connectivity index (χ4v) is 3.88. The molecule has 0 spiro atoms. The van der Waals surface area contributed by atoms with E-state index in [2.05, 4.69) is 22.0 Å². The molecule has 2 aromatic rings. The van der Waals surface area contributed by atoms with Crippen molar-refractivity contribution >= 4 is 16.8 Å². The molecule has 3 nitrogen and oxygen atoms in total. The number of allylic oxidation sites excluding steroid dienone is 2. The maximum Gasteiger partial charge on any atom is 0.251 e. The Morgan fingerprint density at radius 2 is 2.19 bits per heavy atom. The molecule has 108 valence electrons. The largest absolute Gasteiger partial charge is 0.352 e. The minimum Gasteiger partial charge on any atom is -0.352 e. The lowest BCUT2D eigenvalue weighted by atomic mass is 9.93. The Balaban J connectivity index is 1.45. The van der Waals surface area contributed by atoms with Crippen LogP contribution in [-0.2, 0) is 7.05 Å². The SMILES string of the molecule is Cn1ccc2cc(C(=O)NC[C@@H]3C[C@H]4C=C[C@H]3C4)ccc21. The Labute approximate surface area is 124 Å². The van der Waals surface area contributed by atoms with Crippen LogP contribution in [0.2, 0.25) is 0 Å². The number of carbonyl (C=O) groups is 1. The van der Waals surface area contributed by atoms with Crippen LogP contribution in [0.5, 0.6) is 0 Å². The summed E-state index contributed by atoms with van der Waals surface area (Å²) < 4.78 is 2.07. The molecule has 0 aliphatic heterocycles. The number of benzene rings is 1. The third-order valence-corrected chi connectivity index (χ3v) is 5.09. The van der Waals surface area contributed by atoms with Crippen molar-refractivity contribution in [1.29, 1.82) is 0 Å². The van der Waals surface area contributed by atoms with Crippen molar-refractivity contribution in [3.8, 4) is 0 Å². The maximum atomic E-state index is 12.3. The first kappa shape index (κ1) is 12.7. The van der Waals surface area contributed by atoms with E-state index in [1.165, 1.54) is 12.8 Å². The molecule has 3 heteroatoms. The van der Waals surface area contributed by atoms with Gasteiger partial charge in [-0.2, -0.15) is 0 Å². The van der Waals surface area contributed by atoms with Gasteiger partial charge in [0.05, 0.1) is 0 Å². The molecule has 2 aliphatic carbocycles. The lowest BCUT2D eigenvalue weighted by molar-refractivity contribution is 0.0945. The molecule has 0 radical (unpaired) electrons. The zero-order valence-corrected chi connectivity index (χ0v) is 12.3. The molecule has 2 bridgehead atoms. The third-order valence-electron chi connectivity index (χ3n) is 5.09. The van der Waals surface area contributed by atoms with Gasteiger partial charge in [0.1, 0.15) is 0 Å². The summed E-state index contributed by atoms with van der Waals surface area (Å²) in [7, 11) is 2.02. The van der Waals surface area contributed by atoms with Gasteiger partial charge in [0.15, 0.2) is 0 Å². The van der Waals surface area contributed by atoms with E-state index in [9.17, 15) is 4.79 Å². The first-order chi connectivity index (χ1) is 10.2. The number of nitrogens with one attached hydrogen (secondary N) is 1. The molecular weight excluding hydrogens is 260 g/mol. The van der Waals surface area contributed by atoms with Crippen LogP contribution in [0.25, 0.3) is 10.9 Å². The van der Waals surface area contributed by atoms with E-state index in [0.29, 0.717) is 11.8 Å². The average Bonchev–Trinajstić information content (AvgIpc) is 3.20. The van der Waals surface area contributed by atoms with Gasteiger partial charge >= 0.3 is 0 Å². The Morgan fingerprint density at radius 3 is 2.95 bits per heavy atom. The van der Waals surface area contributed by atoms with Gasteiger partial charge in [-0.1, -0.05) is 12.2 Å². The second-order valence-electron chi connectivity index (χ2n) is 6.45. The molecule has 2 aliphatic rings. The summed E-state index contributed by atoms with van der Waals surface area (Å²) in [5, 5.41) is 4.24. The van der Waals surface area contributed by atoms with E-state index >= 15 is 0 Å². The Bertz CT molecular complexity index is 728. The molecule has 1 saturated carbocycles. The van der Waals surface area contributed by atoms with Crippen molar-refractivity contribution in [2.45, 2.75) is 12.8 Å². The number of amides is 1. The third kappa shape index (κ3) is 2.17. The van der Waals surface area contributed by atoms with Crippen molar-refractivity contribution < 1.29 is 4.79 Å². The first-order valence-electron chi connectivity index (χ1n) is 7.72. The molecule has 1 fully saturated rings. The number of hydrogen-bond donors (Lipinski definition) is 1. The van der Waals surface area contributed by atoms with E-state index < -0.39 is 0 Å². The van der Waals surface area contributed by atoms with E-state index in [1.807, 2.05) is 37.5 Å². The number of aromatic nitrogens is 1. The zero-order chi connectivity index (χ0) is 14.4. The van der Waals surface area contributed by atoms with Crippen LogP contribution >= 0.6 is 0 Å². The molecule has 1 aromatic carbocycles.